The first-order valence-corrected chi connectivity index (χ1v) is 11.6. The van der Waals surface area contributed by atoms with Crippen LogP contribution < -0.4 is 0 Å². The van der Waals surface area contributed by atoms with Crippen molar-refractivity contribution in [2.24, 2.45) is 0 Å². The van der Waals surface area contributed by atoms with Gasteiger partial charge in [0.1, 0.15) is 5.82 Å². The van der Waals surface area contributed by atoms with Gasteiger partial charge in [0.05, 0.1) is 11.0 Å². The summed E-state index contributed by atoms with van der Waals surface area (Å²) in [5.74, 6) is 0.958. The van der Waals surface area contributed by atoms with Gasteiger partial charge < -0.3 is 0 Å². The maximum Gasteiger partial charge on any atom is 0.137 e. The summed E-state index contributed by atoms with van der Waals surface area (Å²) in [4.78, 5) is 9.08. The molecular formula is C30H31N3. The summed E-state index contributed by atoms with van der Waals surface area (Å²) >= 11 is 0. The zero-order chi connectivity index (χ0) is 23.2. The number of nitrogens with zero attached hydrogens (tertiary/aromatic N) is 3. The van der Waals surface area contributed by atoms with Gasteiger partial charge in [0, 0.05) is 29.4 Å². The van der Waals surface area contributed by atoms with Crippen LogP contribution in [0.15, 0.2) is 85.3 Å². The minimum Gasteiger partial charge on any atom is -0.294 e. The Morgan fingerprint density at radius 1 is 0.727 bits per heavy atom. The van der Waals surface area contributed by atoms with Crippen LogP contribution >= 0.6 is 0 Å². The predicted octanol–water partition coefficient (Wildman–Crippen LogP) is 7.39. The molecule has 0 unspecified atom stereocenters. The van der Waals surface area contributed by atoms with Gasteiger partial charge in [0.2, 0.25) is 0 Å². The summed E-state index contributed by atoms with van der Waals surface area (Å²) in [6.07, 6.45) is 6.73. The highest BCUT2D eigenvalue weighted by Gasteiger charge is 2.22. The van der Waals surface area contributed by atoms with Gasteiger partial charge in [0.25, 0.3) is 0 Å². The summed E-state index contributed by atoms with van der Waals surface area (Å²) in [7, 11) is 0. The lowest BCUT2D eigenvalue weighted by atomic mass is 9.79. The molecule has 5 rings (SSSR count). The van der Waals surface area contributed by atoms with E-state index < -0.39 is 0 Å². The maximum absolute atomic E-state index is 4.90. The number of hydrogen-bond donors (Lipinski definition) is 0. The Kier molecular flexibility index (Phi) is 5.08. The van der Waals surface area contributed by atoms with Crippen molar-refractivity contribution in [1.29, 1.82) is 0 Å². The molecule has 3 nitrogen and oxygen atoms in total. The molecule has 0 aliphatic carbocycles. The van der Waals surface area contributed by atoms with Crippen molar-refractivity contribution in [2.45, 2.75) is 51.9 Å². The molecule has 3 heteroatoms. The van der Waals surface area contributed by atoms with E-state index in [0.717, 1.165) is 12.2 Å². The molecule has 2 aromatic carbocycles. The normalized spacial score (nSPS) is 12.5. The second kappa shape index (κ2) is 7.84. The lowest BCUT2D eigenvalue weighted by Crippen LogP contribution is -2.20. The van der Waals surface area contributed by atoms with Gasteiger partial charge in [-0.1, -0.05) is 71.0 Å². The van der Waals surface area contributed by atoms with Crippen molar-refractivity contribution >= 4 is 21.8 Å². The van der Waals surface area contributed by atoms with Gasteiger partial charge >= 0.3 is 0 Å². The first-order chi connectivity index (χ1) is 15.7. The van der Waals surface area contributed by atoms with E-state index in [9.17, 15) is 0 Å². The second-order valence-corrected chi connectivity index (χ2v) is 10.7. The largest absolute Gasteiger partial charge is 0.294 e. The van der Waals surface area contributed by atoms with Crippen LogP contribution in [-0.4, -0.2) is 14.5 Å². The molecule has 166 valence electrons. The molecule has 0 bridgehead atoms. The molecule has 33 heavy (non-hydrogen) atoms. The Balaban J connectivity index is 1.65. The summed E-state index contributed by atoms with van der Waals surface area (Å²) in [5.41, 5.74) is 6.35. The van der Waals surface area contributed by atoms with Gasteiger partial charge in [-0.25, -0.2) is 4.98 Å². The van der Waals surface area contributed by atoms with Gasteiger partial charge in [0.15, 0.2) is 0 Å². The molecule has 0 aliphatic heterocycles. The molecule has 0 fully saturated rings. The van der Waals surface area contributed by atoms with E-state index in [2.05, 4.69) is 111 Å². The molecule has 5 aromatic rings. The third-order valence-electron chi connectivity index (χ3n) is 6.69. The third kappa shape index (κ3) is 3.93. The molecule has 0 saturated heterocycles. The van der Waals surface area contributed by atoms with Crippen molar-refractivity contribution in [3.8, 4) is 5.82 Å². The number of para-hydroxylation sites is 1. The Morgan fingerprint density at radius 2 is 1.45 bits per heavy atom. The molecule has 0 spiro atoms. The lowest BCUT2D eigenvalue weighted by molar-refractivity contribution is 0.522. The Bertz CT molecular complexity index is 1420. The van der Waals surface area contributed by atoms with E-state index >= 15 is 0 Å². The van der Waals surface area contributed by atoms with E-state index in [1.54, 1.807) is 0 Å². The Morgan fingerprint density at radius 3 is 2.15 bits per heavy atom. The van der Waals surface area contributed by atoms with Crippen LogP contribution in [0.2, 0.25) is 0 Å². The highest BCUT2D eigenvalue weighted by molar-refractivity contribution is 6.09. The standard InChI is InChI=1S/C30H31N3/c1-29(2,3)23-11-13-28(32-20-23)33-26-9-7-6-8-24(26)25-12-10-21(18-27(25)33)19-30(4,5)22-14-16-31-17-15-22/h6-18,20H,19H2,1-5H3. The van der Waals surface area contributed by atoms with Gasteiger partial charge in [-0.15, -0.1) is 0 Å². The van der Waals surface area contributed by atoms with Crippen LogP contribution in [0.4, 0.5) is 0 Å². The zero-order valence-corrected chi connectivity index (χ0v) is 20.1. The zero-order valence-electron chi connectivity index (χ0n) is 20.1. The summed E-state index contributed by atoms with van der Waals surface area (Å²) in [6, 6.07) is 24.1. The summed E-state index contributed by atoms with van der Waals surface area (Å²) in [5, 5.41) is 2.52. The SMILES string of the molecule is CC(C)(C)c1ccc(-n2c3ccccc3c3ccc(CC(C)(C)c4ccncc4)cc32)nc1. The predicted molar refractivity (Wildman–Crippen MR) is 138 cm³/mol. The maximum atomic E-state index is 4.90. The molecule has 0 N–H and O–H groups in total. The van der Waals surface area contributed by atoms with Crippen LogP contribution in [0.1, 0.15) is 51.3 Å². The number of aromatic nitrogens is 3. The lowest BCUT2D eigenvalue weighted by Gasteiger charge is -2.25. The summed E-state index contributed by atoms with van der Waals surface area (Å²) < 4.78 is 2.31. The average molecular weight is 434 g/mol. The fourth-order valence-electron chi connectivity index (χ4n) is 4.75. The van der Waals surface area contributed by atoms with E-state index in [4.69, 9.17) is 4.98 Å². The average Bonchev–Trinajstić information content (AvgIpc) is 3.12. The van der Waals surface area contributed by atoms with Gasteiger partial charge in [-0.2, -0.15) is 0 Å². The fourth-order valence-corrected chi connectivity index (χ4v) is 4.75. The molecule has 0 atom stereocenters. The molecular weight excluding hydrogens is 402 g/mol. The summed E-state index contributed by atoms with van der Waals surface area (Å²) in [6.45, 7) is 11.3. The number of pyridine rings is 2. The topological polar surface area (TPSA) is 30.7 Å². The van der Waals surface area contributed by atoms with Crippen molar-refractivity contribution in [3.63, 3.8) is 0 Å². The van der Waals surface area contributed by atoms with Crippen LogP contribution in [0, 0.1) is 0 Å². The van der Waals surface area contributed by atoms with Crippen LogP contribution in [0.5, 0.6) is 0 Å². The van der Waals surface area contributed by atoms with E-state index in [1.807, 2.05) is 18.6 Å². The minimum absolute atomic E-state index is 0.0140. The van der Waals surface area contributed by atoms with Crippen molar-refractivity contribution in [3.05, 3.63) is 102 Å². The van der Waals surface area contributed by atoms with E-state index in [1.165, 1.54) is 38.5 Å². The molecule has 3 aromatic heterocycles. The minimum atomic E-state index is 0.0140. The molecule has 0 saturated carbocycles. The van der Waals surface area contributed by atoms with Crippen molar-refractivity contribution in [2.75, 3.05) is 0 Å². The smallest absolute Gasteiger partial charge is 0.137 e. The molecule has 0 amide bonds. The first-order valence-electron chi connectivity index (χ1n) is 11.6. The number of benzene rings is 2. The van der Waals surface area contributed by atoms with E-state index in [-0.39, 0.29) is 10.8 Å². The third-order valence-corrected chi connectivity index (χ3v) is 6.69. The van der Waals surface area contributed by atoms with Crippen molar-refractivity contribution < 1.29 is 0 Å². The highest BCUT2D eigenvalue weighted by atomic mass is 15.1. The number of hydrogen-bond acceptors (Lipinski definition) is 2. The van der Waals surface area contributed by atoms with Gasteiger partial charge in [-0.05, 0) is 64.3 Å². The molecule has 0 radical (unpaired) electrons. The second-order valence-electron chi connectivity index (χ2n) is 10.7. The Hall–Kier alpha value is -3.46. The fraction of sp³-hybridized carbons (Fsp3) is 0.267. The van der Waals surface area contributed by atoms with Crippen molar-refractivity contribution in [1.82, 2.24) is 14.5 Å². The number of rotatable bonds is 4. The quantitative estimate of drug-likeness (QED) is 0.296. The van der Waals surface area contributed by atoms with Crippen LogP contribution in [-0.2, 0) is 17.3 Å². The number of fused-ring (bicyclic) bond motifs is 3. The van der Waals surface area contributed by atoms with Gasteiger partial charge in [-0.3, -0.25) is 9.55 Å². The van der Waals surface area contributed by atoms with E-state index in [0.29, 0.717) is 0 Å². The Labute approximate surface area is 196 Å². The monoisotopic (exact) mass is 433 g/mol. The molecule has 3 heterocycles. The highest BCUT2D eigenvalue weighted by Crippen LogP contribution is 2.34. The van der Waals surface area contributed by atoms with Crippen LogP contribution in [0.3, 0.4) is 0 Å². The van der Waals surface area contributed by atoms with Crippen LogP contribution in [0.25, 0.3) is 27.6 Å². The molecule has 0 aliphatic rings. The first kappa shape index (κ1) is 21.4.